The van der Waals surface area contributed by atoms with E-state index < -0.39 is 0 Å². The van der Waals surface area contributed by atoms with Crippen LogP contribution in [0.15, 0.2) is 0 Å². The zero-order valence-corrected chi connectivity index (χ0v) is 10.5. The van der Waals surface area contributed by atoms with Crippen LogP contribution in [0.3, 0.4) is 0 Å². The summed E-state index contributed by atoms with van der Waals surface area (Å²) in [5.74, 6) is 1.79. The van der Waals surface area contributed by atoms with Crippen molar-refractivity contribution in [1.82, 2.24) is 10.2 Å². The van der Waals surface area contributed by atoms with Crippen LogP contribution >= 0.6 is 0 Å². The number of methoxy groups -OCH3 is 1. The fourth-order valence-electron chi connectivity index (χ4n) is 3.73. The molecule has 0 radical (unpaired) electrons. The first-order valence-electron chi connectivity index (χ1n) is 6.82. The number of fused-ring (bicyclic) bond motifs is 2. The molecule has 3 unspecified atom stereocenters. The second-order valence-corrected chi connectivity index (χ2v) is 5.74. The van der Waals surface area contributed by atoms with Gasteiger partial charge in [0.1, 0.15) is 0 Å². The van der Waals surface area contributed by atoms with Crippen LogP contribution in [0, 0.1) is 17.8 Å². The summed E-state index contributed by atoms with van der Waals surface area (Å²) in [6.45, 7) is 3.79. The van der Waals surface area contributed by atoms with Crippen molar-refractivity contribution in [3.63, 3.8) is 0 Å². The van der Waals surface area contributed by atoms with Crippen LogP contribution in [0.5, 0.6) is 0 Å². The summed E-state index contributed by atoms with van der Waals surface area (Å²) in [7, 11) is 1.80. The molecule has 4 nitrogen and oxygen atoms in total. The minimum atomic E-state index is 0.224. The van der Waals surface area contributed by atoms with E-state index in [4.69, 9.17) is 4.74 Å². The molecule has 3 atom stereocenters. The van der Waals surface area contributed by atoms with Crippen LogP contribution in [-0.4, -0.2) is 50.2 Å². The van der Waals surface area contributed by atoms with Gasteiger partial charge in [-0.15, -0.1) is 0 Å². The predicted molar refractivity (Wildman–Crippen MR) is 64.6 cm³/mol. The zero-order chi connectivity index (χ0) is 11.8. The van der Waals surface area contributed by atoms with Crippen molar-refractivity contribution in [2.45, 2.75) is 25.4 Å². The third-order valence-electron chi connectivity index (χ3n) is 4.67. The number of piperidine rings is 3. The Balaban J connectivity index is 1.57. The first-order valence-corrected chi connectivity index (χ1v) is 6.82. The van der Waals surface area contributed by atoms with Gasteiger partial charge in [0.2, 0.25) is 5.91 Å². The highest BCUT2D eigenvalue weighted by molar-refractivity contribution is 5.79. The maximum atomic E-state index is 12.4. The number of rotatable bonds is 2. The summed E-state index contributed by atoms with van der Waals surface area (Å²) in [4.78, 5) is 14.4. The molecule has 4 heteroatoms. The molecule has 0 aromatic carbocycles. The molecule has 1 N–H and O–H groups in total. The first-order chi connectivity index (χ1) is 8.29. The molecule has 3 saturated heterocycles. The molecule has 0 aromatic rings. The van der Waals surface area contributed by atoms with Gasteiger partial charge in [-0.2, -0.15) is 0 Å². The summed E-state index contributed by atoms with van der Waals surface area (Å²) >= 11 is 0. The van der Waals surface area contributed by atoms with E-state index in [1.807, 2.05) is 0 Å². The molecule has 2 bridgehead atoms. The van der Waals surface area contributed by atoms with Crippen molar-refractivity contribution in [3.05, 3.63) is 0 Å². The van der Waals surface area contributed by atoms with E-state index in [2.05, 4.69) is 10.2 Å². The number of nitrogens with zero attached hydrogens (tertiary/aromatic N) is 1. The van der Waals surface area contributed by atoms with E-state index in [9.17, 15) is 4.79 Å². The number of nitrogens with one attached hydrogen (secondary N) is 1. The lowest BCUT2D eigenvalue weighted by Crippen LogP contribution is -2.61. The predicted octanol–water partition coefficient (Wildman–Crippen LogP) is 0.479. The smallest absolute Gasteiger partial charge is 0.226 e. The van der Waals surface area contributed by atoms with Crippen molar-refractivity contribution in [1.29, 1.82) is 0 Å². The minimum absolute atomic E-state index is 0.224. The van der Waals surface area contributed by atoms with Gasteiger partial charge in [-0.05, 0) is 25.8 Å². The van der Waals surface area contributed by atoms with Crippen molar-refractivity contribution < 1.29 is 9.53 Å². The Morgan fingerprint density at radius 1 is 1.35 bits per heavy atom. The Bertz CT molecular complexity index is 290. The zero-order valence-electron chi connectivity index (χ0n) is 10.5. The molecule has 0 aromatic heterocycles. The molecule has 1 saturated carbocycles. The Hall–Kier alpha value is -0.610. The SMILES string of the molecule is COC1C2CC1CN(C(=O)C1CCCNC1)C2. The Morgan fingerprint density at radius 3 is 2.71 bits per heavy atom. The van der Waals surface area contributed by atoms with Crippen molar-refractivity contribution in [3.8, 4) is 0 Å². The lowest BCUT2D eigenvalue weighted by Gasteiger charge is -2.53. The van der Waals surface area contributed by atoms with E-state index in [0.29, 0.717) is 23.8 Å². The van der Waals surface area contributed by atoms with Gasteiger partial charge in [0.15, 0.2) is 0 Å². The van der Waals surface area contributed by atoms with Crippen molar-refractivity contribution >= 4 is 5.91 Å². The summed E-state index contributed by atoms with van der Waals surface area (Å²) in [5.41, 5.74) is 0. The van der Waals surface area contributed by atoms with Gasteiger partial charge in [0.05, 0.1) is 12.0 Å². The third-order valence-corrected chi connectivity index (χ3v) is 4.67. The number of hydrogen-bond donors (Lipinski definition) is 1. The molecule has 4 aliphatic rings. The summed E-state index contributed by atoms with van der Waals surface area (Å²) < 4.78 is 5.48. The fourth-order valence-corrected chi connectivity index (χ4v) is 3.73. The molecule has 4 rings (SSSR count). The lowest BCUT2D eigenvalue weighted by molar-refractivity contribution is -0.159. The molecule has 3 heterocycles. The molecule has 1 aliphatic carbocycles. The highest BCUT2D eigenvalue weighted by Gasteiger charge is 2.48. The summed E-state index contributed by atoms with van der Waals surface area (Å²) in [6.07, 6.45) is 3.87. The monoisotopic (exact) mass is 238 g/mol. The largest absolute Gasteiger partial charge is 0.381 e. The van der Waals surface area contributed by atoms with Gasteiger partial charge in [0.25, 0.3) is 0 Å². The molecule has 96 valence electrons. The second kappa shape index (κ2) is 4.58. The quantitative estimate of drug-likeness (QED) is 0.761. The van der Waals surface area contributed by atoms with Gasteiger partial charge in [-0.1, -0.05) is 0 Å². The average Bonchev–Trinajstić information content (AvgIpc) is 2.39. The molecule has 4 fully saturated rings. The van der Waals surface area contributed by atoms with Gasteiger partial charge < -0.3 is 15.0 Å². The Labute approximate surface area is 103 Å². The molecule has 0 spiro atoms. The Kier molecular flexibility index (Phi) is 3.09. The number of carbonyl (C=O) groups excluding carboxylic acids is 1. The summed E-state index contributed by atoms with van der Waals surface area (Å²) in [5, 5.41) is 3.33. The summed E-state index contributed by atoms with van der Waals surface area (Å²) in [6, 6.07) is 0. The van der Waals surface area contributed by atoms with E-state index in [-0.39, 0.29) is 5.92 Å². The molecule has 1 amide bonds. The lowest BCUT2D eigenvalue weighted by atomic mass is 9.68. The van der Waals surface area contributed by atoms with Gasteiger partial charge in [0, 0.05) is 38.6 Å². The topological polar surface area (TPSA) is 41.6 Å². The van der Waals surface area contributed by atoms with Gasteiger partial charge in [-0.3, -0.25) is 4.79 Å². The van der Waals surface area contributed by atoms with E-state index >= 15 is 0 Å². The first kappa shape index (κ1) is 11.5. The molecule has 17 heavy (non-hydrogen) atoms. The highest BCUT2D eigenvalue weighted by atomic mass is 16.5. The van der Waals surface area contributed by atoms with Gasteiger partial charge >= 0.3 is 0 Å². The number of hydrogen-bond acceptors (Lipinski definition) is 3. The van der Waals surface area contributed by atoms with E-state index in [1.165, 1.54) is 6.42 Å². The normalized spacial score (nSPS) is 40.9. The maximum Gasteiger partial charge on any atom is 0.226 e. The minimum Gasteiger partial charge on any atom is -0.381 e. The van der Waals surface area contributed by atoms with E-state index in [0.717, 1.165) is 39.0 Å². The second-order valence-electron chi connectivity index (χ2n) is 5.74. The molecular weight excluding hydrogens is 216 g/mol. The molecular formula is C13H22N2O2. The molecule has 3 aliphatic heterocycles. The number of carbonyl (C=O) groups is 1. The van der Waals surface area contributed by atoms with E-state index in [1.54, 1.807) is 7.11 Å². The van der Waals surface area contributed by atoms with Gasteiger partial charge in [-0.25, -0.2) is 0 Å². The van der Waals surface area contributed by atoms with Crippen molar-refractivity contribution in [2.75, 3.05) is 33.3 Å². The number of ether oxygens (including phenoxy) is 1. The van der Waals surface area contributed by atoms with Crippen LogP contribution in [0.1, 0.15) is 19.3 Å². The number of amides is 1. The fraction of sp³-hybridized carbons (Fsp3) is 0.923. The third kappa shape index (κ3) is 1.97. The van der Waals surface area contributed by atoms with Crippen LogP contribution in [-0.2, 0) is 9.53 Å². The average molecular weight is 238 g/mol. The Morgan fingerprint density at radius 2 is 2.12 bits per heavy atom. The van der Waals surface area contributed by atoms with Crippen LogP contribution in [0.2, 0.25) is 0 Å². The standard InChI is InChI=1S/C13H22N2O2/c1-17-12-10-5-11(12)8-15(7-10)13(16)9-3-2-4-14-6-9/h9-12,14H,2-8H2,1H3. The maximum absolute atomic E-state index is 12.4. The van der Waals surface area contributed by atoms with Crippen LogP contribution < -0.4 is 5.32 Å². The van der Waals surface area contributed by atoms with Crippen molar-refractivity contribution in [2.24, 2.45) is 17.8 Å². The van der Waals surface area contributed by atoms with Crippen LogP contribution in [0.4, 0.5) is 0 Å². The van der Waals surface area contributed by atoms with Crippen LogP contribution in [0.25, 0.3) is 0 Å². The highest BCUT2D eigenvalue weighted by Crippen LogP contribution is 2.42.